The molecule has 0 aliphatic carbocycles. The summed E-state index contributed by atoms with van der Waals surface area (Å²) in [5.41, 5.74) is -0.0369. The summed E-state index contributed by atoms with van der Waals surface area (Å²) in [5, 5.41) is 17.0. The highest BCUT2D eigenvalue weighted by atomic mass is 16.4. The number of aromatic carboxylic acids is 1. The zero-order chi connectivity index (χ0) is 14.1. The van der Waals surface area contributed by atoms with Crippen molar-refractivity contribution in [3.8, 4) is 11.1 Å². The van der Waals surface area contributed by atoms with Crippen LogP contribution in [0.3, 0.4) is 0 Å². The molecule has 0 radical (unpaired) electrons. The summed E-state index contributed by atoms with van der Waals surface area (Å²) < 4.78 is 0. The Morgan fingerprint density at radius 1 is 1.10 bits per heavy atom. The van der Waals surface area contributed by atoms with Gasteiger partial charge in [-0.25, -0.2) is 9.89 Å². The predicted molar refractivity (Wildman–Crippen MR) is 74.8 cm³/mol. The number of benzene rings is 2. The number of fused-ring (bicyclic) bond motifs is 1. The molecule has 98 valence electrons. The van der Waals surface area contributed by atoms with Crippen molar-refractivity contribution in [2.75, 3.05) is 0 Å². The van der Waals surface area contributed by atoms with E-state index in [0.717, 1.165) is 10.8 Å². The summed E-state index contributed by atoms with van der Waals surface area (Å²) >= 11 is 0. The standard InChI is InChI=1S/C15H10N2O3/c18-14-13(15(19)20)12(8-16-17-14)11-6-5-9-3-1-2-4-10(9)7-11/h1-8H,(H,17,18)(H,19,20). The van der Waals surface area contributed by atoms with Crippen LogP contribution in [0.1, 0.15) is 10.4 Å². The van der Waals surface area contributed by atoms with Gasteiger partial charge in [0.25, 0.3) is 5.56 Å². The Balaban J connectivity index is 2.28. The molecule has 0 aliphatic heterocycles. The number of aromatic amines is 1. The largest absolute Gasteiger partial charge is 0.477 e. The number of aromatic nitrogens is 2. The summed E-state index contributed by atoms with van der Waals surface area (Å²) in [6, 6.07) is 13.2. The molecule has 2 N–H and O–H groups in total. The molecule has 0 aliphatic rings. The van der Waals surface area contributed by atoms with E-state index in [1.54, 1.807) is 6.07 Å². The summed E-state index contributed by atoms with van der Waals surface area (Å²) in [6.07, 6.45) is 1.36. The molecule has 0 saturated heterocycles. The monoisotopic (exact) mass is 266 g/mol. The fourth-order valence-electron chi connectivity index (χ4n) is 2.19. The van der Waals surface area contributed by atoms with Crippen LogP contribution >= 0.6 is 0 Å². The predicted octanol–water partition coefficient (Wildman–Crippen LogP) is 2.29. The lowest BCUT2D eigenvalue weighted by atomic mass is 9.99. The molecule has 3 aromatic rings. The number of carboxylic acids is 1. The first-order chi connectivity index (χ1) is 9.66. The van der Waals surface area contributed by atoms with Crippen molar-refractivity contribution in [1.82, 2.24) is 10.2 Å². The third-order valence-electron chi connectivity index (χ3n) is 3.13. The maximum atomic E-state index is 11.6. The number of hydrogen-bond acceptors (Lipinski definition) is 3. The Morgan fingerprint density at radius 2 is 1.85 bits per heavy atom. The van der Waals surface area contributed by atoms with Gasteiger partial charge in [0, 0.05) is 5.56 Å². The van der Waals surface area contributed by atoms with Crippen molar-refractivity contribution in [3.63, 3.8) is 0 Å². The van der Waals surface area contributed by atoms with Crippen LogP contribution < -0.4 is 5.56 Å². The molecule has 5 heteroatoms. The van der Waals surface area contributed by atoms with Crippen LogP contribution in [0, 0.1) is 0 Å². The van der Waals surface area contributed by atoms with Crippen LogP contribution in [0.4, 0.5) is 0 Å². The molecule has 0 saturated carbocycles. The van der Waals surface area contributed by atoms with Gasteiger partial charge in [-0.3, -0.25) is 4.79 Å². The van der Waals surface area contributed by atoms with Crippen LogP contribution in [-0.4, -0.2) is 21.3 Å². The molecule has 0 spiro atoms. The Morgan fingerprint density at radius 3 is 2.60 bits per heavy atom. The molecule has 1 heterocycles. The lowest BCUT2D eigenvalue weighted by molar-refractivity contribution is 0.0695. The van der Waals surface area contributed by atoms with E-state index in [1.807, 2.05) is 36.4 Å². The van der Waals surface area contributed by atoms with Crippen LogP contribution in [0.25, 0.3) is 21.9 Å². The topological polar surface area (TPSA) is 83.0 Å². The number of H-pyrrole nitrogens is 1. The van der Waals surface area contributed by atoms with Crippen molar-refractivity contribution in [1.29, 1.82) is 0 Å². The molecule has 0 amide bonds. The normalized spacial score (nSPS) is 10.6. The molecule has 2 aromatic carbocycles. The summed E-state index contributed by atoms with van der Waals surface area (Å²) in [7, 11) is 0. The summed E-state index contributed by atoms with van der Waals surface area (Å²) in [6.45, 7) is 0. The second-order valence-electron chi connectivity index (χ2n) is 4.35. The van der Waals surface area contributed by atoms with Gasteiger partial charge in [-0.1, -0.05) is 36.4 Å². The molecule has 0 unspecified atom stereocenters. The van der Waals surface area contributed by atoms with Gasteiger partial charge < -0.3 is 5.11 Å². The number of carbonyl (C=O) groups is 1. The summed E-state index contributed by atoms with van der Waals surface area (Å²) in [4.78, 5) is 22.9. The molecule has 0 fully saturated rings. The SMILES string of the molecule is O=C(O)c1c(-c2ccc3ccccc3c2)cn[nH]c1=O. The van der Waals surface area contributed by atoms with E-state index in [2.05, 4.69) is 10.2 Å². The van der Waals surface area contributed by atoms with E-state index >= 15 is 0 Å². The zero-order valence-corrected chi connectivity index (χ0v) is 10.3. The van der Waals surface area contributed by atoms with Crippen molar-refractivity contribution >= 4 is 16.7 Å². The van der Waals surface area contributed by atoms with Crippen LogP contribution in [0.2, 0.25) is 0 Å². The third kappa shape index (κ3) is 1.95. The van der Waals surface area contributed by atoms with E-state index in [0.29, 0.717) is 11.1 Å². The van der Waals surface area contributed by atoms with Gasteiger partial charge in [-0.15, -0.1) is 0 Å². The molecule has 3 rings (SSSR count). The first-order valence-corrected chi connectivity index (χ1v) is 5.97. The highest BCUT2D eigenvalue weighted by Crippen LogP contribution is 2.25. The number of nitrogens with one attached hydrogen (secondary N) is 1. The van der Waals surface area contributed by atoms with Gasteiger partial charge in [-0.2, -0.15) is 5.10 Å². The number of hydrogen-bond donors (Lipinski definition) is 2. The highest BCUT2D eigenvalue weighted by molar-refractivity contribution is 5.97. The van der Waals surface area contributed by atoms with Crippen molar-refractivity contribution < 1.29 is 9.90 Å². The Kier molecular flexibility index (Phi) is 2.80. The Bertz CT molecular complexity index is 868. The van der Waals surface area contributed by atoms with E-state index in [1.165, 1.54) is 6.20 Å². The highest BCUT2D eigenvalue weighted by Gasteiger charge is 2.16. The third-order valence-corrected chi connectivity index (χ3v) is 3.13. The minimum atomic E-state index is -1.27. The van der Waals surface area contributed by atoms with Gasteiger partial charge in [0.1, 0.15) is 5.56 Å². The van der Waals surface area contributed by atoms with Crippen molar-refractivity contribution in [3.05, 3.63) is 64.6 Å². The molecular formula is C15H10N2O3. The van der Waals surface area contributed by atoms with Crippen molar-refractivity contribution in [2.24, 2.45) is 0 Å². The summed E-state index contributed by atoms with van der Waals surface area (Å²) in [5.74, 6) is -1.27. The van der Waals surface area contributed by atoms with Gasteiger partial charge >= 0.3 is 5.97 Å². The number of nitrogens with zero attached hydrogens (tertiary/aromatic N) is 1. The molecular weight excluding hydrogens is 256 g/mol. The molecule has 20 heavy (non-hydrogen) atoms. The average Bonchev–Trinajstić information content (AvgIpc) is 2.46. The minimum absolute atomic E-state index is 0.296. The van der Waals surface area contributed by atoms with Crippen LogP contribution in [0.15, 0.2) is 53.5 Å². The zero-order valence-electron chi connectivity index (χ0n) is 10.3. The first-order valence-electron chi connectivity index (χ1n) is 5.97. The second-order valence-corrected chi connectivity index (χ2v) is 4.35. The lowest BCUT2D eigenvalue weighted by Crippen LogP contribution is -2.19. The maximum absolute atomic E-state index is 11.6. The number of carboxylic acid groups (broad SMARTS) is 1. The smallest absolute Gasteiger partial charge is 0.342 e. The Labute approximate surface area is 113 Å². The average molecular weight is 266 g/mol. The van der Waals surface area contributed by atoms with Gasteiger partial charge in [0.05, 0.1) is 6.20 Å². The lowest BCUT2D eigenvalue weighted by Gasteiger charge is -2.06. The Hall–Kier alpha value is -2.95. The van der Waals surface area contributed by atoms with E-state index < -0.39 is 11.5 Å². The number of rotatable bonds is 2. The molecule has 0 atom stereocenters. The van der Waals surface area contributed by atoms with E-state index in [9.17, 15) is 14.7 Å². The van der Waals surface area contributed by atoms with Crippen LogP contribution in [-0.2, 0) is 0 Å². The molecule has 1 aromatic heterocycles. The molecule has 0 bridgehead atoms. The second kappa shape index (κ2) is 4.62. The van der Waals surface area contributed by atoms with Gasteiger partial charge in [-0.05, 0) is 22.4 Å². The quantitative estimate of drug-likeness (QED) is 0.745. The maximum Gasteiger partial charge on any atom is 0.342 e. The van der Waals surface area contributed by atoms with E-state index in [-0.39, 0.29) is 5.56 Å². The first kappa shape index (κ1) is 12.1. The van der Waals surface area contributed by atoms with Crippen LogP contribution in [0.5, 0.6) is 0 Å². The fourth-order valence-corrected chi connectivity index (χ4v) is 2.19. The van der Waals surface area contributed by atoms with Crippen molar-refractivity contribution in [2.45, 2.75) is 0 Å². The van der Waals surface area contributed by atoms with Gasteiger partial charge in [0.2, 0.25) is 0 Å². The van der Waals surface area contributed by atoms with E-state index in [4.69, 9.17) is 0 Å². The molecule has 5 nitrogen and oxygen atoms in total. The minimum Gasteiger partial charge on any atom is -0.477 e. The van der Waals surface area contributed by atoms with Gasteiger partial charge in [0.15, 0.2) is 0 Å². The fraction of sp³-hybridized carbons (Fsp3) is 0.